The summed E-state index contributed by atoms with van der Waals surface area (Å²) in [4.78, 5) is 0. The molecule has 2 aromatic rings. The van der Waals surface area contributed by atoms with E-state index in [0.29, 0.717) is 6.61 Å². The molecule has 0 bridgehead atoms. The van der Waals surface area contributed by atoms with Gasteiger partial charge < -0.3 is 9.47 Å². The van der Waals surface area contributed by atoms with E-state index in [-0.39, 0.29) is 0 Å². The summed E-state index contributed by atoms with van der Waals surface area (Å²) in [5.41, 5.74) is 2.28. The first-order chi connectivity index (χ1) is 9.72. The zero-order chi connectivity index (χ0) is 14.4. The van der Waals surface area contributed by atoms with Crippen LogP contribution >= 0.6 is 27.5 Å². The van der Waals surface area contributed by atoms with E-state index in [1.54, 1.807) is 7.11 Å². The summed E-state index contributed by atoms with van der Waals surface area (Å²) in [7, 11) is 1.67. The average molecular weight is 356 g/mol. The van der Waals surface area contributed by atoms with E-state index in [4.69, 9.17) is 21.1 Å². The summed E-state index contributed by atoms with van der Waals surface area (Å²) in [6.07, 6.45) is 0.856. The molecule has 0 saturated carbocycles. The van der Waals surface area contributed by atoms with Gasteiger partial charge in [0, 0.05) is 22.3 Å². The molecule has 0 aliphatic carbocycles. The van der Waals surface area contributed by atoms with Crippen molar-refractivity contribution in [2.24, 2.45) is 0 Å². The Morgan fingerprint density at radius 1 is 1.10 bits per heavy atom. The van der Waals surface area contributed by atoms with Crippen LogP contribution in [0.2, 0.25) is 5.02 Å². The summed E-state index contributed by atoms with van der Waals surface area (Å²) in [6.45, 7) is 0.633. The molecule has 4 heteroatoms. The summed E-state index contributed by atoms with van der Waals surface area (Å²) < 4.78 is 11.0. The molecule has 0 atom stereocenters. The molecule has 0 N–H and O–H groups in total. The van der Waals surface area contributed by atoms with Crippen molar-refractivity contribution < 1.29 is 9.47 Å². The Hall–Kier alpha value is -1.19. The second kappa shape index (κ2) is 7.55. The zero-order valence-electron chi connectivity index (χ0n) is 11.2. The smallest absolute Gasteiger partial charge is 0.123 e. The van der Waals surface area contributed by atoms with Gasteiger partial charge in [-0.2, -0.15) is 0 Å². The van der Waals surface area contributed by atoms with E-state index in [2.05, 4.69) is 28.1 Å². The second-order valence-corrected chi connectivity index (χ2v) is 5.33. The number of benzene rings is 2. The van der Waals surface area contributed by atoms with E-state index < -0.39 is 0 Å². The Balaban J connectivity index is 1.92. The van der Waals surface area contributed by atoms with Crippen LogP contribution in [0.15, 0.2) is 42.5 Å². The van der Waals surface area contributed by atoms with Gasteiger partial charge in [-0.25, -0.2) is 0 Å². The highest BCUT2D eigenvalue weighted by Crippen LogP contribution is 2.25. The fraction of sp³-hybridized carbons (Fsp3) is 0.250. The molecule has 0 fully saturated rings. The highest BCUT2D eigenvalue weighted by molar-refractivity contribution is 9.08. The average Bonchev–Trinajstić information content (AvgIpc) is 2.49. The Labute approximate surface area is 132 Å². The molecular formula is C16H16BrClO2. The maximum atomic E-state index is 5.97. The predicted octanol–water partition coefficient (Wildman–Crippen LogP) is 4.87. The van der Waals surface area contributed by atoms with Crippen LogP contribution in [0.25, 0.3) is 0 Å². The van der Waals surface area contributed by atoms with Gasteiger partial charge in [0.15, 0.2) is 0 Å². The molecule has 2 nitrogen and oxygen atoms in total. The van der Waals surface area contributed by atoms with Gasteiger partial charge in [0.2, 0.25) is 0 Å². The van der Waals surface area contributed by atoms with Crippen LogP contribution in [0.4, 0.5) is 0 Å². The van der Waals surface area contributed by atoms with Crippen molar-refractivity contribution >= 4 is 27.5 Å². The first-order valence-electron chi connectivity index (χ1n) is 6.33. The molecule has 0 aliphatic heterocycles. The van der Waals surface area contributed by atoms with Crippen molar-refractivity contribution in [3.05, 3.63) is 58.6 Å². The van der Waals surface area contributed by atoms with Gasteiger partial charge >= 0.3 is 0 Å². The maximum Gasteiger partial charge on any atom is 0.123 e. The lowest BCUT2D eigenvalue weighted by molar-refractivity contribution is 0.319. The molecule has 2 aromatic carbocycles. The molecule has 0 aromatic heterocycles. The third-order valence-corrected chi connectivity index (χ3v) is 3.81. The zero-order valence-corrected chi connectivity index (χ0v) is 13.6. The van der Waals surface area contributed by atoms with Crippen LogP contribution < -0.4 is 9.47 Å². The lowest BCUT2D eigenvalue weighted by atomic mass is 10.1. The molecule has 0 amide bonds. The SMILES string of the molecule is COc1ccc(CCOc2ccc(Cl)cc2CBr)cc1. The molecule has 0 radical (unpaired) electrons. The van der Waals surface area contributed by atoms with Crippen LogP contribution in [-0.2, 0) is 11.8 Å². The van der Waals surface area contributed by atoms with Crippen LogP contribution in [0, 0.1) is 0 Å². The third-order valence-electron chi connectivity index (χ3n) is 2.97. The minimum atomic E-state index is 0.633. The van der Waals surface area contributed by atoms with Gasteiger partial charge in [0.25, 0.3) is 0 Å². The van der Waals surface area contributed by atoms with Gasteiger partial charge in [-0.15, -0.1) is 0 Å². The van der Waals surface area contributed by atoms with E-state index in [0.717, 1.165) is 33.8 Å². The molecule has 20 heavy (non-hydrogen) atoms. The fourth-order valence-corrected chi connectivity index (χ4v) is 2.50. The normalized spacial score (nSPS) is 10.3. The molecule has 0 spiro atoms. The number of alkyl halides is 1. The van der Waals surface area contributed by atoms with Crippen LogP contribution in [0.5, 0.6) is 11.5 Å². The highest BCUT2D eigenvalue weighted by atomic mass is 79.9. The summed E-state index contributed by atoms with van der Waals surface area (Å²) in [5, 5.41) is 1.45. The lowest BCUT2D eigenvalue weighted by Crippen LogP contribution is -2.03. The largest absolute Gasteiger partial charge is 0.497 e. The maximum absolute atomic E-state index is 5.97. The van der Waals surface area contributed by atoms with Crippen molar-refractivity contribution in [3.8, 4) is 11.5 Å². The molecule has 0 unspecified atom stereocenters. The van der Waals surface area contributed by atoms with Crippen molar-refractivity contribution in [2.75, 3.05) is 13.7 Å². The number of methoxy groups -OCH3 is 1. The van der Waals surface area contributed by atoms with Crippen LogP contribution in [0.3, 0.4) is 0 Å². The number of halogens is 2. The monoisotopic (exact) mass is 354 g/mol. The Kier molecular flexibility index (Phi) is 5.74. The van der Waals surface area contributed by atoms with Crippen LogP contribution in [0.1, 0.15) is 11.1 Å². The van der Waals surface area contributed by atoms with E-state index >= 15 is 0 Å². The molecule has 106 valence electrons. The standard InChI is InChI=1S/C16H16BrClO2/c1-19-15-5-2-12(3-6-15)8-9-20-16-7-4-14(18)10-13(16)11-17/h2-7,10H,8-9,11H2,1H3. The van der Waals surface area contributed by atoms with E-state index in [1.165, 1.54) is 5.56 Å². The van der Waals surface area contributed by atoms with E-state index in [1.807, 2.05) is 30.3 Å². The minimum Gasteiger partial charge on any atom is -0.497 e. The topological polar surface area (TPSA) is 18.5 Å². The van der Waals surface area contributed by atoms with Crippen molar-refractivity contribution in [2.45, 2.75) is 11.8 Å². The first-order valence-corrected chi connectivity index (χ1v) is 7.83. The lowest BCUT2D eigenvalue weighted by Gasteiger charge is -2.10. The van der Waals surface area contributed by atoms with Crippen molar-refractivity contribution in [1.82, 2.24) is 0 Å². The van der Waals surface area contributed by atoms with Gasteiger partial charge in [-0.05, 0) is 35.9 Å². The molecule has 0 saturated heterocycles. The number of rotatable bonds is 6. The van der Waals surface area contributed by atoms with Gasteiger partial charge in [0.05, 0.1) is 13.7 Å². The second-order valence-electron chi connectivity index (χ2n) is 4.33. The number of ether oxygens (including phenoxy) is 2. The minimum absolute atomic E-state index is 0.633. The van der Waals surface area contributed by atoms with Gasteiger partial charge in [0.1, 0.15) is 11.5 Å². The van der Waals surface area contributed by atoms with Gasteiger partial charge in [-0.3, -0.25) is 0 Å². The van der Waals surface area contributed by atoms with E-state index in [9.17, 15) is 0 Å². The Morgan fingerprint density at radius 2 is 1.85 bits per heavy atom. The Morgan fingerprint density at radius 3 is 2.50 bits per heavy atom. The molecular weight excluding hydrogens is 340 g/mol. The molecule has 0 aliphatic rings. The fourth-order valence-electron chi connectivity index (χ4n) is 1.86. The van der Waals surface area contributed by atoms with Crippen LogP contribution in [-0.4, -0.2) is 13.7 Å². The molecule has 2 rings (SSSR count). The summed E-state index contributed by atoms with van der Waals surface area (Å²) in [5.74, 6) is 1.74. The highest BCUT2D eigenvalue weighted by Gasteiger charge is 2.04. The quantitative estimate of drug-likeness (QED) is 0.689. The third kappa shape index (κ3) is 4.15. The molecule has 0 heterocycles. The Bertz CT molecular complexity index is 555. The van der Waals surface area contributed by atoms with Crippen molar-refractivity contribution in [3.63, 3.8) is 0 Å². The number of hydrogen-bond acceptors (Lipinski definition) is 2. The predicted molar refractivity (Wildman–Crippen MR) is 86.3 cm³/mol. The number of hydrogen-bond donors (Lipinski definition) is 0. The van der Waals surface area contributed by atoms with Gasteiger partial charge in [-0.1, -0.05) is 39.7 Å². The summed E-state index contributed by atoms with van der Waals surface area (Å²) >= 11 is 9.41. The first kappa shape index (κ1) is 15.2. The summed E-state index contributed by atoms with van der Waals surface area (Å²) in [6, 6.07) is 13.7. The van der Waals surface area contributed by atoms with Crippen molar-refractivity contribution in [1.29, 1.82) is 0 Å².